The van der Waals surface area contributed by atoms with E-state index in [0.717, 1.165) is 32.4 Å². The molecule has 0 bridgehead atoms. The van der Waals surface area contributed by atoms with Crippen LogP contribution in [0.1, 0.15) is 19.3 Å². The molecule has 3 N–H and O–H groups in total. The number of hydrogen-bond acceptors (Lipinski definition) is 4. The van der Waals surface area contributed by atoms with Crippen molar-refractivity contribution < 1.29 is 9.53 Å². The summed E-state index contributed by atoms with van der Waals surface area (Å²) in [6, 6.07) is 0. The van der Waals surface area contributed by atoms with Gasteiger partial charge in [-0.3, -0.25) is 9.80 Å². The largest absolute Gasteiger partial charge is 0.385 e. The highest BCUT2D eigenvalue weighted by Crippen LogP contribution is 2.13. The number of ether oxygens (including phenoxy) is 1. The predicted octanol–water partition coefficient (Wildman–Crippen LogP) is -0.275. The molecule has 0 saturated carbocycles. The molecule has 5 nitrogen and oxygen atoms in total. The summed E-state index contributed by atoms with van der Waals surface area (Å²) in [7, 11) is 1.65. The second kappa shape index (κ2) is 6.76. The van der Waals surface area contributed by atoms with Crippen LogP contribution >= 0.6 is 0 Å². The summed E-state index contributed by atoms with van der Waals surface area (Å²) in [6.45, 7) is 3.06. The molecule has 15 heavy (non-hydrogen) atoms. The lowest BCUT2D eigenvalue weighted by atomic mass is 9.97. The van der Waals surface area contributed by atoms with Crippen molar-refractivity contribution in [1.82, 2.24) is 10.3 Å². The quantitative estimate of drug-likeness (QED) is 0.286. The van der Waals surface area contributed by atoms with Crippen molar-refractivity contribution in [2.24, 2.45) is 11.8 Å². The average molecular weight is 215 g/mol. The van der Waals surface area contributed by atoms with Crippen LogP contribution in [-0.2, 0) is 9.53 Å². The molecule has 88 valence electrons. The highest BCUT2D eigenvalue weighted by atomic mass is 16.5. The zero-order valence-corrected chi connectivity index (χ0v) is 9.37. The molecule has 0 unspecified atom stereocenters. The van der Waals surface area contributed by atoms with E-state index in [-0.39, 0.29) is 11.8 Å². The lowest BCUT2D eigenvalue weighted by Crippen LogP contribution is -2.45. The number of hydrazine groups is 1. The lowest BCUT2D eigenvalue weighted by molar-refractivity contribution is -0.136. The Morgan fingerprint density at radius 3 is 2.80 bits per heavy atom. The highest BCUT2D eigenvalue weighted by Gasteiger charge is 2.23. The fraction of sp³-hybridized carbons (Fsp3) is 0.900. The Bertz CT molecular complexity index is 193. The maximum atomic E-state index is 11.8. The minimum atomic E-state index is 0.0765. The molecule has 0 radical (unpaired) electrons. The number of nitrogens with two attached hydrogens (primary N) is 1. The fourth-order valence-corrected chi connectivity index (χ4v) is 1.79. The molecule has 0 aliphatic carbocycles. The molecule has 0 aromatic rings. The molecular weight excluding hydrogens is 194 g/mol. The van der Waals surface area contributed by atoms with E-state index >= 15 is 0 Å². The number of rotatable bonds is 5. The third kappa shape index (κ3) is 4.15. The molecule has 0 atom stereocenters. The Labute approximate surface area is 90.9 Å². The van der Waals surface area contributed by atoms with Crippen molar-refractivity contribution in [1.29, 1.82) is 0 Å². The van der Waals surface area contributed by atoms with Crippen LogP contribution in [0, 0.1) is 5.92 Å². The lowest BCUT2D eigenvalue weighted by Gasteiger charge is -2.26. The van der Waals surface area contributed by atoms with Crippen molar-refractivity contribution in [3.8, 4) is 0 Å². The van der Waals surface area contributed by atoms with Gasteiger partial charge in [-0.05, 0) is 32.4 Å². The van der Waals surface area contributed by atoms with Crippen LogP contribution in [0.3, 0.4) is 0 Å². The number of amides is 1. The Hall–Kier alpha value is -0.650. The third-order valence-electron chi connectivity index (χ3n) is 2.72. The summed E-state index contributed by atoms with van der Waals surface area (Å²) >= 11 is 0. The van der Waals surface area contributed by atoms with Gasteiger partial charge in [0.25, 0.3) is 0 Å². The summed E-state index contributed by atoms with van der Waals surface area (Å²) in [5, 5.41) is 4.57. The number of nitrogens with zero attached hydrogens (tertiary/aromatic N) is 1. The van der Waals surface area contributed by atoms with E-state index in [1.54, 1.807) is 7.11 Å². The molecule has 0 aromatic carbocycles. The van der Waals surface area contributed by atoms with Crippen LogP contribution in [0.25, 0.3) is 0 Å². The molecular formula is C10H21N3O2. The van der Waals surface area contributed by atoms with Gasteiger partial charge in [-0.25, -0.2) is 5.84 Å². The third-order valence-corrected chi connectivity index (χ3v) is 2.72. The summed E-state index contributed by atoms with van der Waals surface area (Å²) in [5.41, 5.74) is 0. The maximum Gasteiger partial charge on any atom is 0.239 e. The second-order valence-corrected chi connectivity index (χ2v) is 3.90. The van der Waals surface area contributed by atoms with Crippen LogP contribution in [0.2, 0.25) is 0 Å². The van der Waals surface area contributed by atoms with Gasteiger partial charge in [0.15, 0.2) is 0 Å². The Morgan fingerprint density at radius 1 is 1.53 bits per heavy atom. The van der Waals surface area contributed by atoms with Gasteiger partial charge in [0.1, 0.15) is 0 Å². The van der Waals surface area contributed by atoms with Gasteiger partial charge in [0.2, 0.25) is 5.91 Å². The van der Waals surface area contributed by atoms with E-state index < -0.39 is 0 Å². The van der Waals surface area contributed by atoms with Crippen molar-refractivity contribution >= 4 is 5.91 Å². The topological polar surface area (TPSA) is 67.6 Å². The van der Waals surface area contributed by atoms with Crippen LogP contribution < -0.4 is 11.2 Å². The van der Waals surface area contributed by atoms with E-state index in [9.17, 15) is 4.79 Å². The van der Waals surface area contributed by atoms with Crippen molar-refractivity contribution in [2.45, 2.75) is 19.3 Å². The molecule has 1 saturated heterocycles. The molecule has 1 aliphatic heterocycles. The van der Waals surface area contributed by atoms with Crippen molar-refractivity contribution in [3.63, 3.8) is 0 Å². The predicted molar refractivity (Wildman–Crippen MR) is 58.0 cm³/mol. The molecule has 5 heteroatoms. The first kappa shape index (κ1) is 12.4. The number of hydrogen-bond donors (Lipinski definition) is 2. The van der Waals surface area contributed by atoms with Crippen molar-refractivity contribution in [2.75, 3.05) is 33.4 Å². The van der Waals surface area contributed by atoms with Gasteiger partial charge in [-0.15, -0.1) is 0 Å². The Kier molecular flexibility index (Phi) is 5.60. The minimum Gasteiger partial charge on any atom is -0.385 e. The summed E-state index contributed by atoms with van der Waals surface area (Å²) in [5.74, 6) is 5.88. The van der Waals surface area contributed by atoms with Gasteiger partial charge in [-0.1, -0.05) is 0 Å². The molecule has 1 rings (SSSR count). The van der Waals surface area contributed by atoms with Crippen LogP contribution in [-0.4, -0.2) is 44.3 Å². The fourth-order valence-electron chi connectivity index (χ4n) is 1.79. The number of piperidine rings is 1. The summed E-state index contributed by atoms with van der Waals surface area (Å²) < 4.78 is 4.91. The van der Waals surface area contributed by atoms with E-state index in [1.165, 1.54) is 5.01 Å². The van der Waals surface area contributed by atoms with Crippen LogP contribution in [0.4, 0.5) is 0 Å². The van der Waals surface area contributed by atoms with Crippen LogP contribution in [0.15, 0.2) is 0 Å². The van der Waals surface area contributed by atoms with E-state index in [2.05, 4.69) is 5.32 Å². The van der Waals surface area contributed by atoms with Gasteiger partial charge in [-0.2, -0.15) is 0 Å². The number of methoxy groups -OCH3 is 1. The van der Waals surface area contributed by atoms with Gasteiger partial charge >= 0.3 is 0 Å². The van der Waals surface area contributed by atoms with E-state index in [4.69, 9.17) is 10.6 Å². The van der Waals surface area contributed by atoms with Gasteiger partial charge < -0.3 is 10.1 Å². The number of carbonyl (C=O) groups is 1. The molecule has 1 heterocycles. The number of carbonyl (C=O) groups excluding carboxylic acids is 1. The molecule has 0 spiro atoms. The minimum absolute atomic E-state index is 0.0765. The van der Waals surface area contributed by atoms with Crippen molar-refractivity contribution in [3.05, 3.63) is 0 Å². The molecule has 1 amide bonds. The first-order valence-electron chi connectivity index (χ1n) is 5.51. The summed E-state index contributed by atoms with van der Waals surface area (Å²) in [4.78, 5) is 11.8. The normalized spacial score (nSPS) is 17.7. The molecule has 1 fully saturated rings. The Balaban J connectivity index is 2.24. The summed E-state index contributed by atoms with van der Waals surface area (Å²) in [6.07, 6.45) is 2.59. The highest BCUT2D eigenvalue weighted by molar-refractivity contribution is 5.78. The SMILES string of the molecule is COCCCN(N)C(=O)C1CCNCC1. The first-order valence-corrected chi connectivity index (χ1v) is 5.51. The zero-order valence-electron chi connectivity index (χ0n) is 9.37. The molecule has 0 aromatic heterocycles. The van der Waals surface area contributed by atoms with E-state index in [1.807, 2.05) is 0 Å². The van der Waals surface area contributed by atoms with E-state index in [0.29, 0.717) is 13.2 Å². The van der Waals surface area contributed by atoms with Gasteiger partial charge in [0.05, 0.1) is 0 Å². The van der Waals surface area contributed by atoms with Gasteiger partial charge in [0, 0.05) is 26.2 Å². The monoisotopic (exact) mass is 215 g/mol. The molecule has 1 aliphatic rings. The van der Waals surface area contributed by atoms with Crippen LogP contribution in [0.5, 0.6) is 0 Å². The average Bonchev–Trinajstić information content (AvgIpc) is 2.29. The number of nitrogens with one attached hydrogen (secondary N) is 1. The Morgan fingerprint density at radius 2 is 2.20 bits per heavy atom. The maximum absolute atomic E-state index is 11.8. The smallest absolute Gasteiger partial charge is 0.239 e. The first-order chi connectivity index (χ1) is 7.25. The standard InChI is InChI=1S/C10H21N3O2/c1-15-8-2-7-13(11)10(14)9-3-5-12-6-4-9/h9,12H,2-8,11H2,1H3. The zero-order chi connectivity index (χ0) is 11.1. The second-order valence-electron chi connectivity index (χ2n) is 3.90.